The Morgan fingerprint density at radius 3 is 2.87 bits per heavy atom. The summed E-state index contributed by atoms with van der Waals surface area (Å²) in [5.41, 5.74) is 8.40. The van der Waals surface area contributed by atoms with Gasteiger partial charge in [-0.2, -0.15) is 4.52 Å². The third kappa shape index (κ3) is 3.02. The number of amides is 1. The minimum atomic E-state index is -0.361. The first-order chi connectivity index (χ1) is 14.6. The number of nitrogens with one attached hydrogen (secondary N) is 1. The van der Waals surface area contributed by atoms with Crippen molar-refractivity contribution in [2.24, 2.45) is 0 Å². The predicted octanol–water partition coefficient (Wildman–Crippen LogP) is 3.01. The fourth-order valence-electron chi connectivity index (χ4n) is 3.38. The Bertz CT molecular complexity index is 1370. The second kappa shape index (κ2) is 6.96. The molecular weight excluding hydrogens is 382 g/mol. The SMILES string of the molecule is CC(NC(=O)c1cc2nc(-c3ccco3)nn2c(N)n1)c1ccnc2ccccc12. The molecule has 0 aliphatic heterocycles. The normalized spacial score (nSPS) is 12.3. The van der Waals surface area contributed by atoms with Crippen molar-refractivity contribution < 1.29 is 9.21 Å². The number of furan rings is 1. The molecule has 9 heteroatoms. The lowest BCUT2D eigenvalue weighted by atomic mass is 10.0. The Kier molecular flexibility index (Phi) is 4.13. The first-order valence-corrected chi connectivity index (χ1v) is 9.32. The largest absolute Gasteiger partial charge is 0.461 e. The summed E-state index contributed by atoms with van der Waals surface area (Å²) in [6, 6.07) is 14.5. The summed E-state index contributed by atoms with van der Waals surface area (Å²) in [6.45, 7) is 1.91. The van der Waals surface area contributed by atoms with Crippen LogP contribution in [0.2, 0.25) is 0 Å². The molecule has 0 saturated carbocycles. The molecule has 4 heterocycles. The van der Waals surface area contributed by atoms with Gasteiger partial charge in [0.15, 0.2) is 11.4 Å². The predicted molar refractivity (Wildman–Crippen MR) is 111 cm³/mol. The number of pyridine rings is 1. The highest BCUT2D eigenvalue weighted by Crippen LogP contribution is 2.23. The van der Waals surface area contributed by atoms with Crippen molar-refractivity contribution >= 4 is 28.4 Å². The quantitative estimate of drug-likeness (QED) is 0.476. The van der Waals surface area contributed by atoms with Crippen molar-refractivity contribution in [3.05, 3.63) is 72.2 Å². The van der Waals surface area contributed by atoms with Gasteiger partial charge in [0.05, 0.1) is 17.8 Å². The number of aromatic nitrogens is 5. The molecule has 0 aliphatic carbocycles. The number of nitrogens with zero attached hydrogens (tertiary/aromatic N) is 5. The van der Waals surface area contributed by atoms with E-state index in [2.05, 4.69) is 25.4 Å². The van der Waals surface area contributed by atoms with Crippen LogP contribution in [0, 0.1) is 0 Å². The van der Waals surface area contributed by atoms with Gasteiger partial charge in [0.1, 0.15) is 5.69 Å². The van der Waals surface area contributed by atoms with Gasteiger partial charge in [-0.1, -0.05) is 18.2 Å². The van der Waals surface area contributed by atoms with Crippen LogP contribution in [0.1, 0.15) is 29.0 Å². The summed E-state index contributed by atoms with van der Waals surface area (Å²) in [4.78, 5) is 25.8. The Morgan fingerprint density at radius 1 is 1.17 bits per heavy atom. The second-order valence-electron chi connectivity index (χ2n) is 6.79. The lowest BCUT2D eigenvalue weighted by Crippen LogP contribution is -2.28. The average molecular weight is 399 g/mol. The molecule has 0 fully saturated rings. The maximum Gasteiger partial charge on any atom is 0.270 e. The van der Waals surface area contributed by atoms with Gasteiger partial charge in [-0.25, -0.2) is 9.97 Å². The van der Waals surface area contributed by atoms with Gasteiger partial charge in [0.2, 0.25) is 11.8 Å². The van der Waals surface area contributed by atoms with E-state index in [0.29, 0.717) is 17.2 Å². The molecule has 1 amide bonds. The summed E-state index contributed by atoms with van der Waals surface area (Å²) in [5, 5.41) is 8.24. The lowest BCUT2D eigenvalue weighted by Gasteiger charge is -2.16. The fourth-order valence-corrected chi connectivity index (χ4v) is 3.38. The molecule has 1 aromatic carbocycles. The number of hydrogen-bond donors (Lipinski definition) is 2. The Balaban J connectivity index is 1.45. The Labute approximate surface area is 170 Å². The van der Waals surface area contributed by atoms with Crippen LogP contribution in [0.15, 0.2) is 65.4 Å². The number of carbonyl (C=O) groups is 1. The van der Waals surface area contributed by atoms with E-state index in [1.54, 1.807) is 24.4 Å². The monoisotopic (exact) mass is 399 g/mol. The van der Waals surface area contributed by atoms with Crippen LogP contribution in [-0.2, 0) is 0 Å². The van der Waals surface area contributed by atoms with Crippen molar-refractivity contribution in [3.8, 4) is 11.6 Å². The van der Waals surface area contributed by atoms with Crippen LogP contribution in [-0.4, -0.2) is 30.5 Å². The summed E-state index contributed by atoms with van der Waals surface area (Å²) < 4.78 is 6.69. The van der Waals surface area contributed by atoms with Gasteiger partial charge in [0, 0.05) is 17.6 Å². The van der Waals surface area contributed by atoms with Crippen molar-refractivity contribution in [3.63, 3.8) is 0 Å². The third-order valence-corrected chi connectivity index (χ3v) is 4.82. The van der Waals surface area contributed by atoms with Crippen molar-refractivity contribution in [2.75, 3.05) is 5.73 Å². The van der Waals surface area contributed by atoms with Crippen LogP contribution in [0.25, 0.3) is 28.1 Å². The standard InChI is InChI=1S/C21H17N7O2/c1-12(13-8-9-23-15-6-3-2-5-14(13)15)24-20(29)16-11-18-26-19(17-7-4-10-30-17)27-28(18)21(22)25-16/h2-12H,1H3,(H2,22,25)(H,24,29). The number of anilines is 1. The molecule has 148 valence electrons. The molecule has 5 rings (SSSR count). The number of carbonyl (C=O) groups excluding carboxylic acids is 1. The van der Waals surface area contributed by atoms with Crippen molar-refractivity contribution in [1.29, 1.82) is 0 Å². The smallest absolute Gasteiger partial charge is 0.270 e. The van der Waals surface area contributed by atoms with E-state index in [1.807, 2.05) is 37.3 Å². The van der Waals surface area contributed by atoms with E-state index in [4.69, 9.17) is 10.2 Å². The number of hydrogen-bond acceptors (Lipinski definition) is 7. The second-order valence-corrected chi connectivity index (χ2v) is 6.79. The molecular formula is C21H17N7O2. The van der Waals surface area contributed by atoms with E-state index in [9.17, 15) is 4.79 Å². The maximum absolute atomic E-state index is 12.9. The molecule has 0 spiro atoms. The molecule has 0 aliphatic rings. The molecule has 1 unspecified atom stereocenters. The lowest BCUT2D eigenvalue weighted by molar-refractivity contribution is 0.0935. The highest BCUT2D eigenvalue weighted by Gasteiger charge is 2.18. The Hall–Kier alpha value is -4.27. The molecule has 4 aromatic heterocycles. The molecule has 9 nitrogen and oxygen atoms in total. The molecule has 0 saturated heterocycles. The first-order valence-electron chi connectivity index (χ1n) is 9.32. The van der Waals surface area contributed by atoms with Gasteiger partial charge in [0.25, 0.3) is 5.91 Å². The zero-order valence-electron chi connectivity index (χ0n) is 16.0. The minimum Gasteiger partial charge on any atom is -0.461 e. The van der Waals surface area contributed by atoms with Gasteiger partial charge >= 0.3 is 0 Å². The van der Waals surface area contributed by atoms with E-state index in [1.165, 1.54) is 10.8 Å². The third-order valence-electron chi connectivity index (χ3n) is 4.82. The van der Waals surface area contributed by atoms with Crippen LogP contribution >= 0.6 is 0 Å². The zero-order valence-corrected chi connectivity index (χ0v) is 16.0. The number of nitrogen functional groups attached to an aromatic ring is 1. The Morgan fingerprint density at radius 2 is 2.03 bits per heavy atom. The minimum absolute atomic E-state index is 0.0602. The van der Waals surface area contributed by atoms with Crippen LogP contribution in [0.5, 0.6) is 0 Å². The van der Waals surface area contributed by atoms with Gasteiger partial charge < -0.3 is 15.5 Å². The summed E-state index contributed by atoms with van der Waals surface area (Å²) in [7, 11) is 0. The molecule has 1 atom stereocenters. The van der Waals surface area contributed by atoms with Crippen LogP contribution in [0.3, 0.4) is 0 Å². The number of benzene rings is 1. The van der Waals surface area contributed by atoms with Crippen molar-refractivity contribution in [1.82, 2.24) is 29.9 Å². The van der Waals surface area contributed by atoms with E-state index in [-0.39, 0.29) is 23.6 Å². The molecule has 5 aromatic rings. The fraction of sp³-hybridized carbons (Fsp3) is 0.0952. The van der Waals surface area contributed by atoms with E-state index < -0.39 is 0 Å². The van der Waals surface area contributed by atoms with Crippen LogP contribution in [0.4, 0.5) is 5.95 Å². The number of para-hydroxylation sites is 1. The average Bonchev–Trinajstić information content (AvgIpc) is 3.43. The molecule has 3 N–H and O–H groups in total. The molecule has 0 bridgehead atoms. The number of fused-ring (bicyclic) bond motifs is 2. The first kappa shape index (κ1) is 17.8. The highest BCUT2D eigenvalue weighted by atomic mass is 16.3. The van der Waals surface area contributed by atoms with Crippen molar-refractivity contribution in [2.45, 2.75) is 13.0 Å². The van der Waals surface area contributed by atoms with E-state index in [0.717, 1.165) is 16.5 Å². The summed E-state index contributed by atoms with van der Waals surface area (Å²) >= 11 is 0. The molecule has 30 heavy (non-hydrogen) atoms. The molecule has 0 radical (unpaired) electrons. The maximum atomic E-state index is 12.9. The van der Waals surface area contributed by atoms with E-state index >= 15 is 0 Å². The van der Waals surface area contributed by atoms with Gasteiger partial charge in [-0.3, -0.25) is 9.78 Å². The zero-order chi connectivity index (χ0) is 20.7. The van der Waals surface area contributed by atoms with Gasteiger partial charge in [-0.05, 0) is 36.8 Å². The summed E-state index contributed by atoms with van der Waals surface area (Å²) in [5.74, 6) is 0.565. The van der Waals surface area contributed by atoms with Gasteiger partial charge in [-0.15, -0.1) is 5.10 Å². The van der Waals surface area contributed by atoms with Crippen LogP contribution < -0.4 is 11.1 Å². The summed E-state index contributed by atoms with van der Waals surface area (Å²) in [6.07, 6.45) is 3.26. The number of nitrogens with two attached hydrogens (primary N) is 1. The highest BCUT2D eigenvalue weighted by molar-refractivity contribution is 5.94. The number of rotatable bonds is 4. The topological polar surface area (TPSA) is 124 Å².